The summed E-state index contributed by atoms with van der Waals surface area (Å²) in [6.45, 7) is 5.25. The van der Waals surface area contributed by atoms with E-state index >= 15 is 0 Å². The van der Waals surface area contributed by atoms with Crippen LogP contribution in [0.3, 0.4) is 0 Å². The number of hydrogen-bond donors (Lipinski definition) is 0. The fourth-order valence-electron chi connectivity index (χ4n) is 2.75. The van der Waals surface area contributed by atoms with Crippen molar-refractivity contribution in [1.29, 1.82) is 0 Å². The normalized spacial score (nSPS) is 29.2. The molecule has 0 spiro atoms. The first-order chi connectivity index (χ1) is 7.66. The number of rotatable bonds is 2. The van der Waals surface area contributed by atoms with Gasteiger partial charge in [-0.2, -0.15) is 0 Å². The molecule has 3 rings (SSSR count). The Morgan fingerprint density at radius 1 is 1.38 bits per heavy atom. The molecule has 1 aromatic rings. The Hall–Kier alpha value is -0.830. The molecule has 2 fully saturated rings. The molecule has 2 aliphatic rings. The van der Waals surface area contributed by atoms with Crippen LogP contribution in [0.2, 0.25) is 0 Å². The summed E-state index contributed by atoms with van der Waals surface area (Å²) in [6, 6.07) is 0.585. The number of imidazole rings is 1. The third-order valence-corrected chi connectivity index (χ3v) is 3.76. The van der Waals surface area contributed by atoms with E-state index in [1.807, 2.05) is 6.33 Å². The molecule has 3 heteroatoms. The van der Waals surface area contributed by atoms with Crippen LogP contribution in [0.15, 0.2) is 12.5 Å². The van der Waals surface area contributed by atoms with E-state index in [1.165, 1.54) is 18.5 Å². The molecule has 88 valence electrons. The summed E-state index contributed by atoms with van der Waals surface area (Å²) in [6.07, 6.45) is 8.99. The van der Waals surface area contributed by atoms with Gasteiger partial charge in [-0.25, -0.2) is 4.98 Å². The lowest BCUT2D eigenvalue weighted by molar-refractivity contribution is -0.0694. The Morgan fingerprint density at radius 3 is 2.88 bits per heavy atom. The first kappa shape index (κ1) is 10.3. The molecule has 0 N–H and O–H groups in total. The fraction of sp³-hybridized carbons (Fsp3) is 0.769. The summed E-state index contributed by atoms with van der Waals surface area (Å²) >= 11 is 0. The molecule has 1 unspecified atom stereocenters. The van der Waals surface area contributed by atoms with Crippen LogP contribution in [0.25, 0.3) is 0 Å². The van der Waals surface area contributed by atoms with Gasteiger partial charge in [0.15, 0.2) is 0 Å². The lowest BCUT2D eigenvalue weighted by atomic mass is 9.93. The van der Waals surface area contributed by atoms with Gasteiger partial charge in [-0.1, -0.05) is 0 Å². The summed E-state index contributed by atoms with van der Waals surface area (Å²) < 4.78 is 8.18. The minimum atomic E-state index is 0.0218. The van der Waals surface area contributed by atoms with E-state index in [-0.39, 0.29) is 5.60 Å². The second-order valence-electron chi connectivity index (χ2n) is 5.75. The maximum atomic E-state index is 5.78. The molecule has 1 aliphatic carbocycles. The maximum Gasteiger partial charge on any atom is 0.0950 e. The Morgan fingerprint density at radius 2 is 2.19 bits per heavy atom. The molecule has 0 amide bonds. The molecule has 0 bridgehead atoms. The molecular formula is C13H20N2O. The van der Waals surface area contributed by atoms with Gasteiger partial charge >= 0.3 is 0 Å². The molecule has 3 nitrogen and oxygen atoms in total. The molecule has 16 heavy (non-hydrogen) atoms. The topological polar surface area (TPSA) is 27.1 Å². The van der Waals surface area contributed by atoms with Crippen LogP contribution in [0.5, 0.6) is 0 Å². The summed E-state index contributed by atoms with van der Waals surface area (Å²) in [4.78, 5) is 4.33. The molecule has 1 saturated carbocycles. The minimum absolute atomic E-state index is 0.0218. The van der Waals surface area contributed by atoms with Gasteiger partial charge in [-0.15, -0.1) is 0 Å². The van der Waals surface area contributed by atoms with Crippen molar-refractivity contribution >= 4 is 0 Å². The SMILES string of the molecule is CC1(C)CC(n2cncc2C2CC2)CCO1. The van der Waals surface area contributed by atoms with Crippen molar-refractivity contribution in [3.63, 3.8) is 0 Å². The molecule has 0 aromatic carbocycles. The van der Waals surface area contributed by atoms with Gasteiger partial charge in [0.25, 0.3) is 0 Å². The molecule has 2 heterocycles. The largest absolute Gasteiger partial charge is 0.375 e. The highest BCUT2D eigenvalue weighted by Gasteiger charge is 2.33. The molecule has 1 atom stereocenters. The van der Waals surface area contributed by atoms with Crippen molar-refractivity contribution in [1.82, 2.24) is 9.55 Å². The lowest BCUT2D eigenvalue weighted by Crippen LogP contribution is -2.35. The summed E-state index contributed by atoms with van der Waals surface area (Å²) in [7, 11) is 0. The van der Waals surface area contributed by atoms with Gasteiger partial charge in [-0.05, 0) is 39.5 Å². The summed E-state index contributed by atoms with van der Waals surface area (Å²) in [5, 5.41) is 0. The van der Waals surface area contributed by atoms with Crippen molar-refractivity contribution in [2.45, 2.75) is 57.1 Å². The third kappa shape index (κ3) is 1.88. The van der Waals surface area contributed by atoms with Crippen molar-refractivity contribution in [2.75, 3.05) is 6.61 Å². The van der Waals surface area contributed by atoms with Crippen LogP contribution in [-0.2, 0) is 4.74 Å². The van der Waals surface area contributed by atoms with E-state index in [9.17, 15) is 0 Å². The van der Waals surface area contributed by atoms with Crippen LogP contribution < -0.4 is 0 Å². The monoisotopic (exact) mass is 220 g/mol. The second kappa shape index (κ2) is 3.59. The first-order valence-electron chi connectivity index (χ1n) is 6.31. The lowest BCUT2D eigenvalue weighted by Gasteiger charge is -2.36. The van der Waals surface area contributed by atoms with Gasteiger partial charge in [0.2, 0.25) is 0 Å². The van der Waals surface area contributed by atoms with Crippen LogP contribution in [-0.4, -0.2) is 21.8 Å². The van der Waals surface area contributed by atoms with Gasteiger partial charge in [0.05, 0.1) is 11.9 Å². The number of nitrogens with zero attached hydrogens (tertiary/aromatic N) is 2. The molecule has 1 saturated heterocycles. The van der Waals surface area contributed by atoms with E-state index < -0.39 is 0 Å². The Kier molecular flexibility index (Phi) is 2.32. The zero-order chi connectivity index (χ0) is 11.2. The number of hydrogen-bond acceptors (Lipinski definition) is 2. The molecule has 1 aromatic heterocycles. The van der Waals surface area contributed by atoms with Gasteiger partial charge < -0.3 is 9.30 Å². The van der Waals surface area contributed by atoms with Crippen molar-refractivity contribution in [3.05, 3.63) is 18.2 Å². The van der Waals surface area contributed by atoms with Crippen molar-refractivity contribution < 1.29 is 4.74 Å². The van der Waals surface area contributed by atoms with E-state index in [0.29, 0.717) is 6.04 Å². The quantitative estimate of drug-likeness (QED) is 0.766. The first-order valence-corrected chi connectivity index (χ1v) is 6.31. The summed E-state index contributed by atoms with van der Waals surface area (Å²) in [5.74, 6) is 0.786. The smallest absolute Gasteiger partial charge is 0.0950 e. The van der Waals surface area contributed by atoms with Crippen molar-refractivity contribution in [2.24, 2.45) is 0 Å². The van der Waals surface area contributed by atoms with Gasteiger partial charge in [0, 0.05) is 30.5 Å². The summed E-state index contributed by atoms with van der Waals surface area (Å²) in [5.41, 5.74) is 1.47. The maximum absolute atomic E-state index is 5.78. The molecule has 0 radical (unpaired) electrons. The fourth-order valence-corrected chi connectivity index (χ4v) is 2.75. The zero-order valence-electron chi connectivity index (χ0n) is 10.1. The van der Waals surface area contributed by atoms with Crippen LogP contribution in [0, 0.1) is 0 Å². The van der Waals surface area contributed by atoms with Crippen molar-refractivity contribution in [3.8, 4) is 0 Å². The predicted octanol–water partition coefficient (Wildman–Crippen LogP) is 2.89. The van der Waals surface area contributed by atoms with Gasteiger partial charge in [0.1, 0.15) is 0 Å². The zero-order valence-corrected chi connectivity index (χ0v) is 10.1. The highest BCUT2D eigenvalue weighted by atomic mass is 16.5. The second-order valence-corrected chi connectivity index (χ2v) is 5.75. The third-order valence-electron chi connectivity index (χ3n) is 3.76. The Balaban J connectivity index is 1.82. The van der Waals surface area contributed by atoms with E-state index in [4.69, 9.17) is 4.74 Å². The Bertz CT molecular complexity index is 379. The van der Waals surface area contributed by atoms with Crippen LogP contribution in [0.4, 0.5) is 0 Å². The molecular weight excluding hydrogens is 200 g/mol. The highest BCUT2D eigenvalue weighted by molar-refractivity contribution is 5.14. The standard InChI is InChI=1S/C13H20N2O/c1-13(2)7-11(5-6-16-13)15-9-14-8-12(15)10-3-4-10/h8-11H,3-7H2,1-2H3. The molecule has 1 aliphatic heterocycles. The van der Waals surface area contributed by atoms with Crippen LogP contribution >= 0.6 is 0 Å². The average molecular weight is 220 g/mol. The van der Waals surface area contributed by atoms with Crippen LogP contribution in [0.1, 0.15) is 57.2 Å². The van der Waals surface area contributed by atoms with E-state index in [1.54, 1.807) is 0 Å². The predicted molar refractivity (Wildman–Crippen MR) is 62.5 cm³/mol. The van der Waals surface area contributed by atoms with E-state index in [0.717, 1.165) is 25.4 Å². The Labute approximate surface area is 96.8 Å². The number of ether oxygens (including phenoxy) is 1. The highest BCUT2D eigenvalue weighted by Crippen LogP contribution is 2.42. The van der Waals surface area contributed by atoms with Gasteiger partial charge in [-0.3, -0.25) is 0 Å². The average Bonchev–Trinajstić information content (AvgIpc) is 2.95. The number of aromatic nitrogens is 2. The van der Waals surface area contributed by atoms with E-state index in [2.05, 4.69) is 29.6 Å². The minimum Gasteiger partial charge on any atom is -0.375 e.